The van der Waals surface area contributed by atoms with Gasteiger partial charge in [-0.2, -0.15) is 5.26 Å². The first-order chi connectivity index (χ1) is 9.26. The van der Waals surface area contributed by atoms with Crippen LogP contribution in [-0.2, 0) is 6.54 Å². The van der Waals surface area contributed by atoms with E-state index in [1.54, 1.807) is 11.0 Å². The standard InChI is InChI=1S/C14H11N5/c1-10-6-11(8-19-9-16-14(7-15)18-19)12-4-2-3-5-13(12)17-10/h2-6,9H,8H2,1H3. The lowest BCUT2D eigenvalue weighted by Gasteiger charge is -2.07. The maximum atomic E-state index is 8.73. The molecule has 0 atom stereocenters. The highest BCUT2D eigenvalue weighted by atomic mass is 15.3. The molecular weight excluding hydrogens is 238 g/mol. The summed E-state index contributed by atoms with van der Waals surface area (Å²) >= 11 is 0. The van der Waals surface area contributed by atoms with Crippen LogP contribution in [0, 0.1) is 18.3 Å². The second-order valence-corrected chi connectivity index (χ2v) is 4.32. The average molecular weight is 249 g/mol. The van der Waals surface area contributed by atoms with Crippen molar-refractivity contribution in [3.8, 4) is 6.07 Å². The Morgan fingerprint density at radius 2 is 2.16 bits per heavy atom. The van der Waals surface area contributed by atoms with E-state index < -0.39 is 0 Å². The smallest absolute Gasteiger partial charge is 0.252 e. The summed E-state index contributed by atoms with van der Waals surface area (Å²) in [5, 5.41) is 13.9. The van der Waals surface area contributed by atoms with Gasteiger partial charge >= 0.3 is 0 Å². The molecule has 0 bridgehead atoms. The highest BCUT2D eigenvalue weighted by Gasteiger charge is 2.06. The van der Waals surface area contributed by atoms with E-state index >= 15 is 0 Å². The third kappa shape index (κ3) is 2.16. The molecule has 0 aliphatic heterocycles. The van der Waals surface area contributed by atoms with E-state index in [1.807, 2.05) is 43.3 Å². The minimum atomic E-state index is 0.190. The summed E-state index contributed by atoms with van der Waals surface area (Å²) in [5.74, 6) is 0.190. The van der Waals surface area contributed by atoms with Crippen molar-refractivity contribution in [3.63, 3.8) is 0 Å². The van der Waals surface area contributed by atoms with E-state index in [2.05, 4.69) is 15.1 Å². The fourth-order valence-corrected chi connectivity index (χ4v) is 2.12. The van der Waals surface area contributed by atoms with Crippen LogP contribution in [0.1, 0.15) is 17.1 Å². The van der Waals surface area contributed by atoms with Crippen LogP contribution in [0.2, 0.25) is 0 Å². The normalized spacial score (nSPS) is 10.5. The van der Waals surface area contributed by atoms with Crippen LogP contribution in [-0.4, -0.2) is 19.7 Å². The van der Waals surface area contributed by atoms with Gasteiger partial charge in [-0.25, -0.2) is 9.67 Å². The number of benzene rings is 1. The first kappa shape index (κ1) is 11.4. The number of hydrogen-bond acceptors (Lipinski definition) is 4. The van der Waals surface area contributed by atoms with E-state index in [-0.39, 0.29) is 5.82 Å². The highest BCUT2D eigenvalue weighted by Crippen LogP contribution is 2.18. The molecule has 2 aromatic heterocycles. The number of aromatic nitrogens is 4. The molecule has 0 aliphatic carbocycles. The van der Waals surface area contributed by atoms with Gasteiger partial charge in [0.1, 0.15) is 12.4 Å². The summed E-state index contributed by atoms with van der Waals surface area (Å²) in [6, 6.07) is 12.0. The van der Waals surface area contributed by atoms with Crippen molar-refractivity contribution in [2.45, 2.75) is 13.5 Å². The number of hydrogen-bond donors (Lipinski definition) is 0. The number of fused-ring (bicyclic) bond motifs is 1. The maximum absolute atomic E-state index is 8.73. The molecule has 3 rings (SSSR count). The molecule has 3 aromatic rings. The zero-order valence-electron chi connectivity index (χ0n) is 10.4. The third-order valence-corrected chi connectivity index (χ3v) is 2.90. The molecule has 1 aromatic carbocycles. The summed E-state index contributed by atoms with van der Waals surface area (Å²) in [5.41, 5.74) is 3.06. The molecule has 0 N–H and O–H groups in total. The Morgan fingerprint density at radius 1 is 1.32 bits per heavy atom. The van der Waals surface area contributed by atoms with Crippen LogP contribution in [0.5, 0.6) is 0 Å². The predicted molar refractivity (Wildman–Crippen MR) is 70.3 cm³/mol. The first-order valence-electron chi connectivity index (χ1n) is 5.91. The van der Waals surface area contributed by atoms with Gasteiger partial charge in [0.25, 0.3) is 5.82 Å². The Bertz CT molecular complexity index is 782. The predicted octanol–water partition coefficient (Wildman–Crippen LogP) is 2.05. The van der Waals surface area contributed by atoms with Gasteiger partial charge < -0.3 is 0 Å². The fourth-order valence-electron chi connectivity index (χ4n) is 2.12. The van der Waals surface area contributed by atoms with Crippen LogP contribution >= 0.6 is 0 Å². The van der Waals surface area contributed by atoms with Gasteiger partial charge in [-0.05, 0) is 24.6 Å². The lowest BCUT2D eigenvalue weighted by Crippen LogP contribution is -2.02. The molecular formula is C14H11N5. The maximum Gasteiger partial charge on any atom is 0.252 e. The molecule has 0 fully saturated rings. The number of rotatable bonds is 2. The van der Waals surface area contributed by atoms with Gasteiger partial charge in [0.05, 0.1) is 12.1 Å². The minimum Gasteiger partial charge on any atom is -0.253 e. The Balaban J connectivity index is 2.07. The summed E-state index contributed by atoms with van der Waals surface area (Å²) in [6.07, 6.45) is 1.57. The fraction of sp³-hybridized carbons (Fsp3) is 0.143. The van der Waals surface area contributed by atoms with Gasteiger partial charge in [-0.15, -0.1) is 5.10 Å². The molecule has 0 unspecified atom stereocenters. The van der Waals surface area contributed by atoms with Crippen LogP contribution in [0.3, 0.4) is 0 Å². The van der Waals surface area contributed by atoms with E-state index in [1.165, 1.54) is 0 Å². The lowest BCUT2D eigenvalue weighted by atomic mass is 10.1. The Kier molecular flexibility index (Phi) is 2.69. The second-order valence-electron chi connectivity index (χ2n) is 4.32. The van der Waals surface area contributed by atoms with Gasteiger partial charge in [0, 0.05) is 11.1 Å². The van der Waals surface area contributed by atoms with Crippen LogP contribution in [0.4, 0.5) is 0 Å². The summed E-state index contributed by atoms with van der Waals surface area (Å²) in [4.78, 5) is 8.41. The zero-order chi connectivity index (χ0) is 13.2. The van der Waals surface area contributed by atoms with E-state index in [0.717, 1.165) is 22.2 Å². The summed E-state index contributed by atoms with van der Waals surface area (Å²) < 4.78 is 1.67. The monoisotopic (exact) mass is 249 g/mol. The molecule has 0 amide bonds. The highest BCUT2D eigenvalue weighted by molar-refractivity contribution is 5.82. The number of pyridine rings is 1. The Labute approximate surface area is 110 Å². The van der Waals surface area contributed by atoms with E-state index in [0.29, 0.717) is 6.54 Å². The van der Waals surface area contributed by atoms with Crippen molar-refractivity contribution < 1.29 is 0 Å². The van der Waals surface area contributed by atoms with Gasteiger partial charge in [0.15, 0.2) is 0 Å². The molecule has 5 nitrogen and oxygen atoms in total. The largest absolute Gasteiger partial charge is 0.253 e. The average Bonchev–Trinajstić information content (AvgIpc) is 2.86. The topological polar surface area (TPSA) is 67.4 Å². The van der Waals surface area contributed by atoms with Gasteiger partial charge in [-0.3, -0.25) is 4.98 Å². The molecule has 2 heterocycles. The van der Waals surface area contributed by atoms with Crippen LogP contribution < -0.4 is 0 Å². The number of para-hydroxylation sites is 1. The van der Waals surface area contributed by atoms with E-state index in [9.17, 15) is 0 Å². The quantitative estimate of drug-likeness (QED) is 0.697. The van der Waals surface area contributed by atoms with E-state index in [4.69, 9.17) is 5.26 Å². The van der Waals surface area contributed by atoms with Crippen molar-refractivity contribution in [2.24, 2.45) is 0 Å². The van der Waals surface area contributed by atoms with Gasteiger partial charge in [-0.1, -0.05) is 18.2 Å². The Hall–Kier alpha value is -2.74. The first-order valence-corrected chi connectivity index (χ1v) is 5.91. The number of aryl methyl sites for hydroxylation is 1. The molecule has 0 radical (unpaired) electrons. The second kappa shape index (κ2) is 4.50. The van der Waals surface area contributed by atoms with Crippen molar-refractivity contribution in [1.29, 1.82) is 5.26 Å². The molecule has 19 heavy (non-hydrogen) atoms. The van der Waals surface area contributed by atoms with Crippen LogP contribution in [0.15, 0.2) is 36.7 Å². The van der Waals surface area contributed by atoms with Crippen molar-refractivity contribution in [2.75, 3.05) is 0 Å². The SMILES string of the molecule is Cc1cc(Cn2cnc(C#N)n2)c2ccccc2n1. The molecule has 0 saturated carbocycles. The number of nitrogens with zero attached hydrogens (tertiary/aromatic N) is 5. The minimum absolute atomic E-state index is 0.190. The van der Waals surface area contributed by atoms with Crippen molar-refractivity contribution >= 4 is 10.9 Å². The van der Waals surface area contributed by atoms with Crippen molar-refractivity contribution in [1.82, 2.24) is 19.7 Å². The molecule has 0 aliphatic rings. The third-order valence-electron chi connectivity index (χ3n) is 2.90. The van der Waals surface area contributed by atoms with Gasteiger partial charge in [0.2, 0.25) is 0 Å². The molecule has 5 heteroatoms. The van der Waals surface area contributed by atoms with Crippen LogP contribution in [0.25, 0.3) is 10.9 Å². The summed E-state index contributed by atoms with van der Waals surface area (Å²) in [7, 11) is 0. The zero-order valence-corrected chi connectivity index (χ0v) is 10.4. The molecule has 0 spiro atoms. The number of nitriles is 1. The Morgan fingerprint density at radius 3 is 2.95 bits per heavy atom. The molecule has 92 valence electrons. The summed E-state index contributed by atoms with van der Waals surface area (Å²) in [6.45, 7) is 2.55. The molecule has 0 saturated heterocycles. The van der Waals surface area contributed by atoms with Crippen molar-refractivity contribution in [3.05, 3.63) is 53.7 Å². The lowest BCUT2D eigenvalue weighted by molar-refractivity contribution is 0.685.